The van der Waals surface area contributed by atoms with Gasteiger partial charge in [-0.25, -0.2) is 4.37 Å². The Morgan fingerprint density at radius 3 is 2.93 bits per heavy atom. The van der Waals surface area contributed by atoms with Crippen LogP contribution in [0.15, 0.2) is 66.1 Å². The molecule has 0 aliphatic carbocycles. The van der Waals surface area contributed by atoms with E-state index < -0.39 is 0 Å². The number of rotatable bonds is 0. The number of aromatic nitrogens is 1. The Kier molecular flexibility index (Phi) is 3.52. The van der Waals surface area contributed by atoms with Crippen molar-refractivity contribution < 1.29 is 0 Å². The Labute approximate surface area is 93.7 Å². The smallest absolute Gasteiger partial charge is 0.0412 e. The van der Waals surface area contributed by atoms with Gasteiger partial charge in [0.25, 0.3) is 0 Å². The van der Waals surface area contributed by atoms with Gasteiger partial charge in [-0.2, -0.15) is 0 Å². The van der Waals surface area contributed by atoms with Crippen LogP contribution in [0, 0.1) is 0 Å². The first-order valence-corrected chi connectivity index (χ1v) is 5.65. The Balaban J connectivity index is 0.000000144. The fourth-order valence-corrected chi connectivity index (χ4v) is 1.67. The molecule has 0 aromatic carbocycles. The van der Waals surface area contributed by atoms with Crippen LogP contribution in [0.4, 0.5) is 0 Å². The molecular weight excluding hydrogens is 204 g/mol. The van der Waals surface area contributed by atoms with Gasteiger partial charge in [0.2, 0.25) is 0 Å². The van der Waals surface area contributed by atoms with Gasteiger partial charge < -0.3 is 4.90 Å². The summed E-state index contributed by atoms with van der Waals surface area (Å²) in [6.45, 7) is 0. The van der Waals surface area contributed by atoms with Crippen molar-refractivity contribution in [2.45, 2.75) is 6.42 Å². The Bertz CT molecular complexity index is 382. The minimum atomic E-state index is 1.06. The maximum absolute atomic E-state index is 3.76. The maximum atomic E-state index is 3.76. The van der Waals surface area contributed by atoms with E-state index in [1.54, 1.807) is 6.20 Å². The molecule has 1 aromatic rings. The molecule has 15 heavy (non-hydrogen) atoms. The average molecular weight is 216 g/mol. The van der Waals surface area contributed by atoms with Crippen molar-refractivity contribution >= 4 is 11.5 Å². The maximum Gasteiger partial charge on any atom is 0.0412 e. The molecule has 0 saturated carbocycles. The van der Waals surface area contributed by atoms with E-state index in [0.29, 0.717) is 0 Å². The number of nitrogens with zero attached hydrogens (tertiary/aromatic N) is 2. The zero-order chi connectivity index (χ0) is 10.3. The highest BCUT2D eigenvalue weighted by Crippen LogP contribution is 2.17. The van der Waals surface area contributed by atoms with E-state index in [1.165, 1.54) is 17.2 Å². The fraction of sp³-hybridized carbons (Fsp3) is 0.0833. The van der Waals surface area contributed by atoms with Crippen molar-refractivity contribution in [3.8, 4) is 0 Å². The summed E-state index contributed by atoms with van der Waals surface area (Å²) in [7, 11) is 0. The van der Waals surface area contributed by atoms with E-state index in [1.807, 2.05) is 17.5 Å². The lowest BCUT2D eigenvalue weighted by Crippen LogP contribution is -2.11. The molecule has 0 N–H and O–H groups in total. The van der Waals surface area contributed by atoms with Gasteiger partial charge in [0, 0.05) is 29.7 Å². The lowest BCUT2D eigenvalue weighted by atomic mass is 10.2. The SMILES string of the molecule is C1=CC2=CCC=CN2C=C1.c1cnsc1. The van der Waals surface area contributed by atoms with E-state index in [0.717, 1.165) is 6.42 Å². The molecule has 0 saturated heterocycles. The molecule has 2 aliphatic heterocycles. The van der Waals surface area contributed by atoms with E-state index >= 15 is 0 Å². The number of hydrogen-bond acceptors (Lipinski definition) is 3. The normalized spacial score (nSPS) is 16.5. The van der Waals surface area contributed by atoms with Gasteiger partial charge in [-0.1, -0.05) is 18.2 Å². The van der Waals surface area contributed by atoms with Crippen molar-refractivity contribution in [3.05, 3.63) is 66.1 Å². The van der Waals surface area contributed by atoms with E-state index in [2.05, 4.69) is 46.0 Å². The van der Waals surface area contributed by atoms with Crippen LogP contribution in [0.5, 0.6) is 0 Å². The molecule has 1 aromatic heterocycles. The molecule has 0 atom stereocenters. The highest BCUT2D eigenvalue weighted by Gasteiger charge is 2.03. The second-order valence-corrected chi connectivity index (χ2v) is 3.74. The Morgan fingerprint density at radius 1 is 1.27 bits per heavy atom. The average Bonchev–Trinajstić information content (AvgIpc) is 2.88. The third-order valence-electron chi connectivity index (χ3n) is 2.00. The fourth-order valence-electron chi connectivity index (χ4n) is 1.32. The van der Waals surface area contributed by atoms with Crippen LogP contribution in [-0.2, 0) is 0 Å². The van der Waals surface area contributed by atoms with Gasteiger partial charge in [-0.15, -0.1) is 0 Å². The molecule has 0 fully saturated rings. The van der Waals surface area contributed by atoms with E-state index in [9.17, 15) is 0 Å². The van der Waals surface area contributed by atoms with Gasteiger partial charge >= 0.3 is 0 Å². The molecule has 0 radical (unpaired) electrons. The monoisotopic (exact) mass is 216 g/mol. The van der Waals surface area contributed by atoms with Gasteiger partial charge in [-0.3, -0.25) is 0 Å². The molecule has 0 unspecified atom stereocenters. The number of fused-ring (bicyclic) bond motifs is 1. The van der Waals surface area contributed by atoms with Crippen LogP contribution in [0.1, 0.15) is 6.42 Å². The number of allylic oxidation sites excluding steroid dienone is 5. The van der Waals surface area contributed by atoms with Crippen molar-refractivity contribution in [3.63, 3.8) is 0 Å². The molecule has 0 amide bonds. The lowest BCUT2D eigenvalue weighted by Gasteiger charge is -2.21. The van der Waals surface area contributed by atoms with Gasteiger partial charge in [0.1, 0.15) is 0 Å². The first kappa shape index (κ1) is 9.93. The summed E-state index contributed by atoms with van der Waals surface area (Å²) in [5.41, 5.74) is 1.28. The van der Waals surface area contributed by atoms with Crippen LogP contribution in [-0.4, -0.2) is 9.27 Å². The summed E-state index contributed by atoms with van der Waals surface area (Å²) in [4.78, 5) is 2.11. The van der Waals surface area contributed by atoms with Crippen molar-refractivity contribution in [2.24, 2.45) is 0 Å². The predicted molar refractivity (Wildman–Crippen MR) is 64.1 cm³/mol. The van der Waals surface area contributed by atoms with Gasteiger partial charge in [0.15, 0.2) is 0 Å². The zero-order valence-corrected chi connectivity index (χ0v) is 9.10. The molecule has 0 spiro atoms. The first-order chi connectivity index (χ1) is 7.47. The molecule has 3 rings (SSSR count). The van der Waals surface area contributed by atoms with Crippen LogP contribution in [0.3, 0.4) is 0 Å². The molecule has 2 nitrogen and oxygen atoms in total. The topological polar surface area (TPSA) is 16.1 Å². The molecule has 76 valence electrons. The van der Waals surface area contributed by atoms with Crippen LogP contribution < -0.4 is 0 Å². The van der Waals surface area contributed by atoms with Crippen LogP contribution >= 0.6 is 11.5 Å². The molecule has 3 heterocycles. The first-order valence-electron chi connectivity index (χ1n) is 4.81. The zero-order valence-electron chi connectivity index (χ0n) is 8.28. The van der Waals surface area contributed by atoms with E-state index in [-0.39, 0.29) is 0 Å². The summed E-state index contributed by atoms with van der Waals surface area (Å²) in [5.74, 6) is 0. The summed E-state index contributed by atoms with van der Waals surface area (Å²) < 4.78 is 3.76. The van der Waals surface area contributed by atoms with Crippen LogP contribution in [0.25, 0.3) is 0 Å². The highest BCUT2D eigenvalue weighted by molar-refractivity contribution is 7.03. The standard InChI is InChI=1S/C9H9N.C3H3NS/c1-3-7-10-8-4-2-6-9(10)5-1;1-2-4-5-3-1/h1,3-8H,2H2;1-3H. The van der Waals surface area contributed by atoms with Crippen LogP contribution in [0.2, 0.25) is 0 Å². The van der Waals surface area contributed by atoms with Gasteiger partial charge in [0.05, 0.1) is 0 Å². The third-order valence-corrected chi connectivity index (χ3v) is 2.52. The summed E-state index contributed by atoms with van der Waals surface area (Å²) in [5, 5.41) is 1.93. The summed E-state index contributed by atoms with van der Waals surface area (Å²) in [6, 6.07) is 1.91. The molecule has 0 bridgehead atoms. The van der Waals surface area contributed by atoms with Crippen molar-refractivity contribution in [1.82, 2.24) is 9.27 Å². The second kappa shape index (κ2) is 5.32. The quantitative estimate of drug-likeness (QED) is 0.661. The molecular formula is C12H12N2S. The van der Waals surface area contributed by atoms with Crippen molar-refractivity contribution in [1.29, 1.82) is 0 Å². The van der Waals surface area contributed by atoms with E-state index in [4.69, 9.17) is 0 Å². The Morgan fingerprint density at radius 2 is 2.27 bits per heavy atom. The minimum absolute atomic E-state index is 1.06. The summed E-state index contributed by atoms with van der Waals surface area (Å²) >= 11 is 1.46. The third kappa shape index (κ3) is 2.92. The van der Waals surface area contributed by atoms with Gasteiger partial charge in [-0.05, 0) is 36.2 Å². The highest BCUT2D eigenvalue weighted by atomic mass is 32.1. The molecule has 3 heteroatoms. The summed E-state index contributed by atoms with van der Waals surface area (Å²) in [6.07, 6.45) is 17.5. The lowest BCUT2D eigenvalue weighted by molar-refractivity contribution is 0.629. The minimum Gasteiger partial charge on any atom is -0.325 e. The second-order valence-electron chi connectivity index (χ2n) is 3.05. The molecule has 2 aliphatic rings. The predicted octanol–water partition coefficient (Wildman–Crippen LogP) is 3.32. The largest absolute Gasteiger partial charge is 0.325 e. The number of hydrogen-bond donors (Lipinski definition) is 0. The van der Waals surface area contributed by atoms with Crippen molar-refractivity contribution in [2.75, 3.05) is 0 Å². The Hall–Kier alpha value is -1.61.